The number of nitrogens with zero attached hydrogens (tertiary/aromatic N) is 3. The number of aryl methyl sites for hydroxylation is 1. The minimum atomic E-state index is 0.732. The van der Waals surface area contributed by atoms with Gasteiger partial charge in [-0.1, -0.05) is 80.4 Å². The zero-order chi connectivity index (χ0) is 19.2. The lowest BCUT2D eigenvalue weighted by Crippen LogP contribution is -2.02. The lowest BCUT2D eigenvalue weighted by Gasteiger charge is -2.09. The van der Waals surface area contributed by atoms with Gasteiger partial charge in [-0.15, -0.1) is 0 Å². The average Bonchev–Trinajstić information content (AvgIpc) is 3.13. The normalized spacial score (nSPS) is 11.0. The monoisotopic (exact) mass is 370 g/mol. The molecular weight excluding hydrogens is 344 g/mol. The summed E-state index contributed by atoms with van der Waals surface area (Å²) in [5.41, 5.74) is 4.45. The van der Waals surface area contributed by atoms with E-state index in [4.69, 9.17) is 4.98 Å². The van der Waals surface area contributed by atoms with Gasteiger partial charge in [-0.3, -0.25) is 0 Å². The molecule has 0 saturated carbocycles. The fourth-order valence-electron chi connectivity index (χ4n) is 3.52. The van der Waals surface area contributed by atoms with E-state index in [0.29, 0.717) is 0 Å². The second-order valence-corrected chi connectivity index (χ2v) is 7.03. The van der Waals surface area contributed by atoms with Crippen LogP contribution in [0, 0.1) is 0 Å². The number of hydrogen-bond donors (Lipinski definition) is 1. The minimum Gasteiger partial charge on any atom is -0.364 e. The first-order valence-corrected chi connectivity index (χ1v) is 10.1. The predicted octanol–water partition coefficient (Wildman–Crippen LogP) is 5.90. The van der Waals surface area contributed by atoms with Gasteiger partial charge in [-0.05, 0) is 18.1 Å². The number of anilines is 1. The van der Waals surface area contributed by atoms with Crippen LogP contribution >= 0.6 is 0 Å². The van der Waals surface area contributed by atoms with Crippen molar-refractivity contribution in [2.45, 2.75) is 39.3 Å². The molecule has 0 aliphatic rings. The predicted molar refractivity (Wildman–Crippen MR) is 116 cm³/mol. The number of nitrogens with one attached hydrogen (secondary N) is 1. The first-order chi connectivity index (χ1) is 13.9. The third-order valence-electron chi connectivity index (χ3n) is 4.99. The summed E-state index contributed by atoms with van der Waals surface area (Å²) in [4.78, 5) is 9.59. The minimum absolute atomic E-state index is 0.732. The van der Waals surface area contributed by atoms with Gasteiger partial charge in [0.05, 0.1) is 5.52 Å². The van der Waals surface area contributed by atoms with Crippen LogP contribution in [0.15, 0.2) is 72.9 Å². The molecule has 28 heavy (non-hydrogen) atoms. The maximum absolute atomic E-state index is 5.01. The Balaban J connectivity index is 1.72. The van der Waals surface area contributed by atoms with Crippen molar-refractivity contribution in [3.63, 3.8) is 0 Å². The average molecular weight is 371 g/mol. The topological polar surface area (TPSA) is 42.7 Å². The first kappa shape index (κ1) is 18.2. The molecule has 4 nitrogen and oxygen atoms in total. The van der Waals surface area contributed by atoms with Crippen molar-refractivity contribution in [3.8, 4) is 11.4 Å². The Hall–Kier alpha value is -3.14. The molecule has 0 bridgehead atoms. The number of rotatable bonds is 8. The summed E-state index contributed by atoms with van der Waals surface area (Å²) in [7, 11) is 0. The molecule has 2 heterocycles. The van der Waals surface area contributed by atoms with E-state index >= 15 is 0 Å². The van der Waals surface area contributed by atoms with Gasteiger partial charge < -0.3 is 9.88 Å². The quantitative estimate of drug-likeness (QED) is 0.393. The van der Waals surface area contributed by atoms with Gasteiger partial charge in [0.1, 0.15) is 11.3 Å². The molecule has 0 saturated heterocycles. The third-order valence-corrected chi connectivity index (χ3v) is 4.99. The Kier molecular flexibility index (Phi) is 5.66. The molecule has 4 aromatic rings. The summed E-state index contributed by atoms with van der Waals surface area (Å²) in [5, 5.41) is 3.48. The van der Waals surface area contributed by atoms with Gasteiger partial charge in [-0.25, -0.2) is 9.97 Å². The maximum Gasteiger partial charge on any atom is 0.154 e. The number of fused-ring (bicyclic) bond motifs is 1. The zero-order valence-corrected chi connectivity index (χ0v) is 16.3. The van der Waals surface area contributed by atoms with Gasteiger partial charge in [-0.2, -0.15) is 0 Å². The second-order valence-electron chi connectivity index (χ2n) is 7.03. The van der Waals surface area contributed by atoms with Crippen molar-refractivity contribution in [2.24, 2.45) is 0 Å². The van der Waals surface area contributed by atoms with Crippen LogP contribution in [-0.2, 0) is 13.1 Å². The summed E-state index contributed by atoms with van der Waals surface area (Å²) in [6, 6.07) is 22.9. The highest BCUT2D eigenvalue weighted by molar-refractivity contribution is 5.89. The van der Waals surface area contributed by atoms with E-state index in [1.807, 2.05) is 18.3 Å². The Morgan fingerprint density at radius 2 is 1.64 bits per heavy atom. The molecule has 0 amide bonds. The zero-order valence-electron chi connectivity index (χ0n) is 16.3. The van der Waals surface area contributed by atoms with Crippen molar-refractivity contribution >= 4 is 16.9 Å². The van der Waals surface area contributed by atoms with Crippen molar-refractivity contribution in [1.29, 1.82) is 0 Å². The summed E-state index contributed by atoms with van der Waals surface area (Å²) in [6.07, 6.45) is 5.45. The molecule has 142 valence electrons. The molecule has 2 aromatic carbocycles. The van der Waals surface area contributed by atoms with E-state index in [0.717, 1.165) is 47.7 Å². The van der Waals surface area contributed by atoms with E-state index in [2.05, 4.69) is 76.4 Å². The molecule has 1 N–H and O–H groups in total. The van der Waals surface area contributed by atoms with Crippen LogP contribution in [-0.4, -0.2) is 14.5 Å². The lowest BCUT2D eigenvalue weighted by molar-refractivity contribution is 0.617. The van der Waals surface area contributed by atoms with Crippen LogP contribution in [0.4, 0.5) is 5.82 Å². The van der Waals surface area contributed by atoms with Crippen LogP contribution in [0.1, 0.15) is 31.7 Å². The molecular formula is C24H26N4. The number of unbranched alkanes of at least 4 members (excludes halogenated alkanes) is 2. The van der Waals surface area contributed by atoms with Crippen LogP contribution in [0.2, 0.25) is 0 Å². The second kappa shape index (κ2) is 8.70. The van der Waals surface area contributed by atoms with Crippen LogP contribution in [0.3, 0.4) is 0 Å². The molecule has 0 unspecified atom stereocenters. The van der Waals surface area contributed by atoms with Gasteiger partial charge in [0.2, 0.25) is 0 Å². The van der Waals surface area contributed by atoms with E-state index in [9.17, 15) is 0 Å². The summed E-state index contributed by atoms with van der Waals surface area (Å²) >= 11 is 0. The smallest absolute Gasteiger partial charge is 0.154 e. The number of pyridine rings is 1. The highest BCUT2D eigenvalue weighted by Crippen LogP contribution is 2.28. The highest BCUT2D eigenvalue weighted by atomic mass is 15.1. The van der Waals surface area contributed by atoms with Gasteiger partial charge in [0.15, 0.2) is 5.82 Å². The SMILES string of the molecule is CCCCCn1c(-c2ccccc2)nc2c(NCc3ccccc3)nccc21. The number of aromatic nitrogens is 3. The molecule has 4 heteroatoms. The Bertz CT molecular complexity index is 1020. The van der Waals surface area contributed by atoms with Crippen LogP contribution < -0.4 is 5.32 Å². The van der Waals surface area contributed by atoms with E-state index in [-0.39, 0.29) is 0 Å². The first-order valence-electron chi connectivity index (χ1n) is 10.1. The third kappa shape index (κ3) is 3.91. The largest absolute Gasteiger partial charge is 0.364 e. The molecule has 0 aliphatic carbocycles. The fraction of sp³-hybridized carbons (Fsp3) is 0.250. The fourth-order valence-corrected chi connectivity index (χ4v) is 3.52. The Morgan fingerprint density at radius 3 is 2.39 bits per heavy atom. The summed E-state index contributed by atoms with van der Waals surface area (Å²) in [6.45, 7) is 3.94. The molecule has 0 aliphatic heterocycles. The van der Waals surface area contributed by atoms with Gasteiger partial charge in [0.25, 0.3) is 0 Å². The maximum atomic E-state index is 5.01. The molecule has 0 radical (unpaired) electrons. The van der Waals surface area contributed by atoms with Crippen molar-refractivity contribution in [3.05, 3.63) is 78.5 Å². The van der Waals surface area contributed by atoms with E-state index < -0.39 is 0 Å². The summed E-state index contributed by atoms with van der Waals surface area (Å²) < 4.78 is 2.34. The number of hydrogen-bond acceptors (Lipinski definition) is 3. The molecule has 0 atom stereocenters. The van der Waals surface area contributed by atoms with Crippen molar-refractivity contribution < 1.29 is 0 Å². The highest BCUT2D eigenvalue weighted by Gasteiger charge is 2.15. The summed E-state index contributed by atoms with van der Waals surface area (Å²) in [5.74, 6) is 1.86. The van der Waals surface area contributed by atoms with E-state index in [1.165, 1.54) is 18.4 Å². The lowest BCUT2D eigenvalue weighted by atomic mass is 10.2. The molecule has 0 spiro atoms. The van der Waals surface area contributed by atoms with Gasteiger partial charge in [0, 0.05) is 24.8 Å². The van der Waals surface area contributed by atoms with Crippen molar-refractivity contribution in [2.75, 3.05) is 5.32 Å². The van der Waals surface area contributed by atoms with Crippen molar-refractivity contribution in [1.82, 2.24) is 14.5 Å². The molecule has 0 fully saturated rings. The molecule has 4 rings (SSSR count). The number of benzene rings is 2. The van der Waals surface area contributed by atoms with E-state index in [1.54, 1.807) is 0 Å². The van der Waals surface area contributed by atoms with Crippen LogP contribution in [0.25, 0.3) is 22.4 Å². The Labute approximate surface area is 166 Å². The standard InChI is InChI=1S/C24H26N4/c1-2-3-10-17-28-21-15-16-25-23(26-18-19-11-6-4-7-12-19)22(21)27-24(28)20-13-8-5-9-14-20/h4-9,11-16H,2-3,10,17-18H2,1H3,(H,25,26). The van der Waals surface area contributed by atoms with Gasteiger partial charge >= 0.3 is 0 Å². The number of imidazole rings is 1. The molecule has 2 aromatic heterocycles. The van der Waals surface area contributed by atoms with Crippen LogP contribution in [0.5, 0.6) is 0 Å². The Morgan fingerprint density at radius 1 is 0.893 bits per heavy atom.